The summed E-state index contributed by atoms with van der Waals surface area (Å²) in [5, 5.41) is 11.2. The predicted octanol–water partition coefficient (Wildman–Crippen LogP) is 9.76. The molecular weight excluding hydrogens is 885 g/mol. The first kappa shape index (κ1) is 51.7. The summed E-state index contributed by atoms with van der Waals surface area (Å²) in [4.78, 5) is 0. The fraction of sp³-hybridized carbons (Fsp3) is 0.547. The standard InChI is InChI=1S/C53H74O12Si2/c1-38(2)66(39(3)4)61-37-53(51(59-34-45-28-20-13-21-29-45)49(46(30-54)62-53)64-67(65-66,40(5)6)41(7)8)60-35-47-48(57-32-43-24-16-11-17-25-43)50(58-33-44-26-18-12-19-27-44)52(55-9,63-47)36-56-31-42-22-14-10-15-23-42/h10-29,38-41,46-51,54H,30-37H2,1-9H3/t46-,47-,48-,49-,50+,51+,52-,53-/m1/s1. The molecule has 7 rings (SSSR count). The lowest BCUT2D eigenvalue weighted by Gasteiger charge is -2.49. The van der Waals surface area contributed by atoms with Crippen LogP contribution in [0.25, 0.3) is 0 Å². The van der Waals surface area contributed by atoms with Crippen LogP contribution in [-0.2, 0) is 77.3 Å². The van der Waals surface area contributed by atoms with Gasteiger partial charge in [0.15, 0.2) is 0 Å². The Morgan fingerprint density at radius 3 is 1.51 bits per heavy atom. The minimum absolute atomic E-state index is 0.0251. The largest absolute Gasteiger partial charge is 0.414 e. The second-order valence-corrected chi connectivity index (χ2v) is 28.2. The van der Waals surface area contributed by atoms with Crippen LogP contribution in [-0.4, -0.2) is 104 Å². The fourth-order valence-corrected chi connectivity index (χ4v) is 21.1. The van der Waals surface area contributed by atoms with Crippen LogP contribution in [0.2, 0.25) is 22.2 Å². The molecule has 0 saturated carbocycles. The van der Waals surface area contributed by atoms with Crippen molar-refractivity contribution in [3.63, 3.8) is 0 Å². The molecule has 67 heavy (non-hydrogen) atoms. The van der Waals surface area contributed by atoms with Gasteiger partial charge < -0.3 is 56.0 Å². The summed E-state index contributed by atoms with van der Waals surface area (Å²) in [7, 11) is -4.75. The molecule has 0 aromatic heterocycles. The molecule has 8 atom stereocenters. The lowest BCUT2D eigenvalue weighted by Crippen LogP contribution is -2.63. The first-order chi connectivity index (χ1) is 32.3. The lowest BCUT2D eigenvalue weighted by atomic mass is 10.0. The fourth-order valence-electron chi connectivity index (χ4n) is 9.87. The number of hydrogen-bond acceptors (Lipinski definition) is 12. The van der Waals surface area contributed by atoms with Crippen molar-refractivity contribution in [1.29, 1.82) is 0 Å². The topological polar surface area (TPSA) is 122 Å². The van der Waals surface area contributed by atoms with Crippen LogP contribution in [0.15, 0.2) is 121 Å². The third-order valence-electron chi connectivity index (χ3n) is 13.5. The van der Waals surface area contributed by atoms with E-state index in [9.17, 15) is 5.11 Å². The maximum Gasteiger partial charge on any atom is 0.335 e. The predicted molar refractivity (Wildman–Crippen MR) is 260 cm³/mol. The van der Waals surface area contributed by atoms with Crippen LogP contribution >= 0.6 is 0 Å². The highest BCUT2D eigenvalue weighted by molar-refractivity contribution is 6.83. The van der Waals surface area contributed by atoms with Crippen molar-refractivity contribution >= 4 is 17.1 Å². The van der Waals surface area contributed by atoms with Crippen molar-refractivity contribution in [1.82, 2.24) is 0 Å². The first-order valence-electron chi connectivity index (χ1n) is 24.1. The van der Waals surface area contributed by atoms with Gasteiger partial charge in [-0.1, -0.05) is 177 Å². The van der Waals surface area contributed by atoms with Crippen molar-refractivity contribution in [3.05, 3.63) is 144 Å². The molecule has 2 bridgehead atoms. The van der Waals surface area contributed by atoms with Gasteiger partial charge in [-0.15, -0.1) is 0 Å². The number of ether oxygens (including phenoxy) is 8. The summed E-state index contributed by atoms with van der Waals surface area (Å²) in [6, 6.07) is 40.0. The molecule has 12 nitrogen and oxygen atoms in total. The minimum Gasteiger partial charge on any atom is -0.414 e. The smallest absolute Gasteiger partial charge is 0.335 e. The molecular formula is C53H74O12Si2. The summed E-state index contributed by atoms with van der Waals surface area (Å²) in [6.07, 6.45) is -4.75. The second-order valence-electron chi connectivity index (χ2n) is 19.3. The minimum atomic E-state index is -3.20. The zero-order valence-corrected chi connectivity index (χ0v) is 42.9. The van der Waals surface area contributed by atoms with Crippen LogP contribution in [0, 0.1) is 0 Å². The Labute approximate surface area is 400 Å². The van der Waals surface area contributed by atoms with Crippen LogP contribution in [0.3, 0.4) is 0 Å². The van der Waals surface area contributed by atoms with Gasteiger partial charge in [-0.2, -0.15) is 0 Å². The monoisotopic (exact) mass is 958 g/mol. The number of fused-ring (bicyclic) bond motifs is 2. The van der Waals surface area contributed by atoms with Crippen LogP contribution in [0.5, 0.6) is 0 Å². The summed E-state index contributed by atoms with van der Waals surface area (Å²) in [5.41, 5.74) is 4.07. The average Bonchev–Trinajstić information content (AvgIpc) is 3.82. The van der Waals surface area contributed by atoms with Gasteiger partial charge in [-0.3, -0.25) is 0 Å². The van der Waals surface area contributed by atoms with Gasteiger partial charge in [0.25, 0.3) is 0 Å². The highest BCUT2D eigenvalue weighted by Crippen LogP contribution is 2.50. The Hall–Kier alpha value is -3.17. The van der Waals surface area contributed by atoms with Gasteiger partial charge >= 0.3 is 17.1 Å². The number of rotatable bonds is 22. The van der Waals surface area contributed by atoms with Crippen molar-refractivity contribution in [3.8, 4) is 0 Å². The Morgan fingerprint density at radius 1 is 0.582 bits per heavy atom. The van der Waals surface area contributed by atoms with E-state index in [0.29, 0.717) is 6.61 Å². The lowest BCUT2D eigenvalue weighted by molar-refractivity contribution is -0.307. The second kappa shape index (κ2) is 23.2. The van der Waals surface area contributed by atoms with E-state index < -0.39 is 65.3 Å². The summed E-state index contributed by atoms with van der Waals surface area (Å²) >= 11 is 0. The molecule has 3 heterocycles. The molecule has 1 N–H and O–H groups in total. The Balaban J connectivity index is 1.29. The molecule has 4 aromatic rings. The highest BCUT2D eigenvalue weighted by Gasteiger charge is 2.67. The van der Waals surface area contributed by atoms with Crippen molar-refractivity contribution < 1.29 is 56.0 Å². The summed E-state index contributed by atoms with van der Waals surface area (Å²) in [5.74, 6) is -3.01. The van der Waals surface area contributed by atoms with E-state index in [1.807, 2.05) is 121 Å². The molecule has 3 saturated heterocycles. The maximum absolute atomic E-state index is 11.2. The zero-order chi connectivity index (χ0) is 47.7. The first-order valence-corrected chi connectivity index (χ1v) is 28.0. The number of hydrogen-bond donors (Lipinski definition) is 1. The van der Waals surface area contributed by atoms with E-state index in [0.717, 1.165) is 22.3 Å². The number of methoxy groups -OCH3 is 1. The van der Waals surface area contributed by atoms with E-state index in [1.165, 1.54) is 0 Å². The maximum atomic E-state index is 11.2. The highest BCUT2D eigenvalue weighted by atomic mass is 28.5. The Kier molecular flexibility index (Phi) is 17.9. The van der Waals surface area contributed by atoms with Crippen molar-refractivity contribution in [2.75, 3.05) is 33.5 Å². The molecule has 3 fully saturated rings. The zero-order valence-electron chi connectivity index (χ0n) is 40.9. The van der Waals surface area contributed by atoms with Crippen molar-refractivity contribution in [2.45, 2.75) is 152 Å². The quantitative estimate of drug-likeness (QED) is 0.0755. The molecule has 0 unspecified atom stereocenters. The van der Waals surface area contributed by atoms with Gasteiger partial charge in [0.1, 0.15) is 43.2 Å². The third kappa shape index (κ3) is 11.6. The number of aliphatic hydroxyl groups is 1. The Morgan fingerprint density at radius 2 is 1.04 bits per heavy atom. The van der Waals surface area contributed by atoms with Gasteiger partial charge in [0, 0.05) is 7.11 Å². The van der Waals surface area contributed by atoms with Crippen molar-refractivity contribution in [2.24, 2.45) is 0 Å². The summed E-state index contributed by atoms with van der Waals surface area (Å²) < 4.78 is 77.6. The van der Waals surface area contributed by atoms with Gasteiger partial charge in [0.2, 0.25) is 11.6 Å². The Bertz CT molecular complexity index is 2050. The van der Waals surface area contributed by atoms with Crippen LogP contribution in [0.4, 0.5) is 0 Å². The van der Waals surface area contributed by atoms with Crippen LogP contribution < -0.4 is 0 Å². The molecule has 4 aromatic carbocycles. The molecule has 366 valence electrons. The molecule has 0 aliphatic carbocycles. The van der Waals surface area contributed by atoms with Gasteiger partial charge in [-0.05, 0) is 44.4 Å². The van der Waals surface area contributed by atoms with E-state index in [2.05, 4.69) is 55.4 Å². The van der Waals surface area contributed by atoms with E-state index in [1.54, 1.807) is 7.11 Å². The van der Waals surface area contributed by atoms with Gasteiger partial charge in [-0.25, -0.2) is 0 Å². The van der Waals surface area contributed by atoms with E-state index in [-0.39, 0.29) is 68.4 Å². The summed E-state index contributed by atoms with van der Waals surface area (Å²) in [6.45, 7) is 18.1. The average molecular weight is 959 g/mol. The normalized spacial score (nSPS) is 28.3. The SMILES string of the molecule is CO[C@]1(COCc2ccccc2)O[C@H](CO[C@]23CO[Si](C(C)C)(C(C)C)O[Si](C(C)C)(C(C)C)O[C@H]([C@@H](CO)O2)[C@@H]3OCc2ccccc2)[C@@H](OCc2ccccc2)[C@@H]1OCc1ccccc1. The molecule has 3 aliphatic rings. The van der Waals surface area contributed by atoms with Crippen LogP contribution in [0.1, 0.15) is 77.6 Å². The third-order valence-corrected chi connectivity index (χ3v) is 23.7. The van der Waals surface area contributed by atoms with E-state index in [4.69, 9.17) is 50.9 Å². The number of benzene rings is 4. The molecule has 0 radical (unpaired) electrons. The molecule has 14 heteroatoms. The van der Waals surface area contributed by atoms with E-state index >= 15 is 0 Å². The molecule has 0 spiro atoms. The molecule has 3 aliphatic heterocycles. The van der Waals surface area contributed by atoms with Gasteiger partial charge in [0.05, 0.1) is 46.2 Å². The number of aliphatic hydroxyl groups excluding tert-OH is 1. The molecule has 0 amide bonds.